The van der Waals surface area contributed by atoms with Crippen molar-refractivity contribution in [1.29, 1.82) is 0 Å². The van der Waals surface area contributed by atoms with Crippen LogP contribution in [0.3, 0.4) is 0 Å². The summed E-state index contributed by atoms with van der Waals surface area (Å²) >= 11 is 0. The van der Waals surface area contributed by atoms with Crippen LogP contribution in [0.5, 0.6) is 5.88 Å². The Morgan fingerprint density at radius 1 is 1.38 bits per heavy atom. The number of aromatic nitrogens is 1. The Morgan fingerprint density at radius 3 is 2.86 bits per heavy atom. The number of hydrogen-bond donors (Lipinski definition) is 0. The molecule has 1 aliphatic heterocycles. The molecule has 1 amide bonds. The van der Waals surface area contributed by atoms with E-state index in [0.29, 0.717) is 22.9 Å². The fraction of sp³-hybridized carbons (Fsp3) is 0.647. The van der Waals surface area contributed by atoms with Crippen molar-refractivity contribution in [2.75, 3.05) is 13.7 Å². The predicted octanol–water partition coefficient (Wildman–Crippen LogP) is 3.13. The van der Waals surface area contributed by atoms with Gasteiger partial charge < -0.3 is 9.64 Å². The first-order valence-corrected chi connectivity index (χ1v) is 7.64. The average molecular weight is 288 g/mol. The van der Waals surface area contributed by atoms with Gasteiger partial charge in [0.25, 0.3) is 5.91 Å². The van der Waals surface area contributed by atoms with E-state index in [-0.39, 0.29) is 11.3 Å². The van der Waals surface area contributed by atoms with Crippen molar-refractivity contribution in [3.05, 3.63) is 23.9 Å². The quantitative estimate of drug-likeness (QED) is 0.839. The molecule has 2 fully saturated rings. The first-order valence-electron chi connectivity index (χ1n) is 7.64. The summed E-state index contributed by atoms with van der Waals surface area (Å²) in [6, 6.07) is 3.95. The Labute approximate surface area is 126 Å². The second kappa shape index (κ2) is 4.72. The van der Waals surface area contributed by atoms with Crippen LogP contribution in [-0.4, -0.2) is 35.5 Å². The van der Waals surface area contributed by atoms with Crippen LogP contribution >= 0.6 is 0 Å². The predicted molar refractivity (Wildman–Crippen MR) is 81.4 cm³/mol. The van der Waals surface area contributed by atoms with Crippen molar-refractivity contribution >= 4 is 5.91 Å². The summed E-state index contributed by atoms with van der Waals surface area (Å²) in [7, 11) is 1.56. The summed E-state index contributed by atoms with van der Waals surface area (Å²) in [5.74, 6) is 0.486. The molecule has 0 radical (unpaired) electrons. The maximum atomic E-state index is 12.9. The van der Waals surface area contributed by atoms with Crippen LogP contribution < -0.4 is 4.74 Å². The number of hydrogen-bond acceptors (Lipinski definition) is 3. The summed E-state index contributed by atoms with van der Waals surface area (Å²) in [5, 5.41) is 0. The molecular weight excluding hydrogens is 264 g/mol. The summed E-state index contributed by atoms with van der Waals surface area (Å²) in [6.45, 7) is 7.79. The van der Waals surface area contributed by atoms with Gasteiger partial charge in [0.05, 0.1) is 7.11 Å². The molecule has 114 valence electrons. The van der Waals surface area contributed by atoms with Crippen LogP contribution in [0.1, 0.15) is 50.4 Å². The molecule has 2 bridgehead atoms. The van der Waals surface area contributed by atoms with E-state index in [1.165, 1.54) is 6.42 Å². The van der Waals surface area contributed by atoms with Crippen LogP contribution in [0.25, 0.3) is 0 Å². The van der Waals surface area contributed by atoms with Gasteiger partial charge in [-0.3, -0.25) is 4.79 Å². The zero-order valence-corrected chi connectivity index (χ0v) is 13.3. The third kappa shape index (κ3) is 2.52. The number of carbonyl (C=O) groups excluding carboxylic acids is 1. The Bertz CT molecular complexity index is 570. The number of rotatable bonds is 2. The molecule has 1 saturated heterocycles. The van der Waals surface area contributed by atoms with Gasteiger partial charge in [0.15, 0.2) is 0 Å². The summed E-state index contributed by atoms with van der Waals surface area (Å²) in [6.07, 6.45) is 5.04. The molecule has 1 saturated carbocycles. The van der Waals surface area contributed by atoms with Crippen LogP contribution in [-0.2, 0) is 0 Å². The number of pyridine rings is 1. The summed E-state index contributed by atoms with van der Waals surface area (Å²) < 4.78 is 5.24. The monoisotopic (exact) mass is 288 g/mol. The van der Waals surface area contributed by atoms with Crippen LogP contribution in [0.4, 0.5) is 0 Å². The highest BCUT2D eigenvalue weighted by atomic mass is 16.5. The van der Waals surface area contributed by atoms with E-state index in [1.54, 1.807) is 19.4 Å². The van der Waals surface area contributed by atoms with Crippen molar-refractivity contribution in [3.63, 3.8) is 0 Å². The Hall–Kier alpha value is -1.58. The van der Waals surface area contributed by atoms with Gasteiger partial charge in [-0.25, -0.2) is 4.98 Å². The lowest BCUT2D eigenvalue weighted by molar-refractivity contribution is 0.0704. The largest absolute Gasteiger partial charge is 0.480 e. The topological polar surface area (TPSA) is 42.4 Å². The second-order valence-electron chi connectivity index (χ2n) is 7.71. The maximum absolute atomic E-state index is 12.9. The van der Waals surface area contributed by atoms with E-state index in [2.05, 4.69) is 25.8 Å². The molecule has 4 heteroatoms. The molecule has 2 aliphatic rings. The molecule has 2 heterocycles. The van der Waals surface area contributed by atoms with E-state index in [4.69, 9.17) is 4.74 Å². The Kier molecular flexibility index (Phi) is 3.23. The zero-order valence-electron chi connectivity index (χ0n) is 13.3. The van der Waals surface area contributed by atoms with Crippen molar-refractivity contribution in [2.24, 2.45) is 10.8 Å². The van der Waals surface area contributed by atoms with Crippen molar-refractivity contribution < 1.29 is 9.53 Å². The van der Waals surface area contributed by atoms with Gasteiger partial charge in [0, 0.05) is 18.8 Å². The van der Waals surface area contributed by atoms with E-state index < -0.39 is 0 Å². The number of amides is 1. The maximum Gasteiger partial charge on any atom is 0.259 e. The smallest absolute Gasteiger partial charge is 0.259 e. The summed E-state index contributed by atoms with van der Waals surface area (Å²) in [5.41, 5.74) is 1.14. The fourth-order valence-electron chi connectivity index (χ4n) is 4.57. The van der Waals surface area contributed by atoms with E-state index in [1.807, 2.05) is 11.0 Å². The Morgan fingerprint density at radius 2 is 2.14 bits per heavy atom. The van der Waals surface area contributed by atoms with E-state index >= 15 is 0 Å². The normalized spacial score (nSPS) is 30.3. The zero-order chi connectivity index (χ0) is 15.3. The second-order valence-corrected chi connectivity index (χ2v) is 7.71. The molecule has 4 nitrogen and oxygen atoms in total. The number of carbonyl (C=O) groups is 1. The van der Waals surface area contributed by atoms with Crippen LogP contribution in [0, 0.1) is 10.8 Å². The van der Waals surface area contributed by atoms with Gasteiger partial charge in [-0.15, -0.1) is 0 Å². The van der Waals surface area contributed by atoms with Gasteiger partial charge in [-0.1, -0.05) is 20.8 Å². The van der Waals surface area contributed by atoms with Gasteiger partial charge in [-0.2, -0.15) is 0 Å². The molecule has 2 atom stereocenters. The molecule has 0 spiro atoms. The molecule has 0 N–H and O–H groups in total. The molecule has 1 aromatic rings. The molecular formula is C17H24N2O2. The molecule has 3 rings (SSSR count). The number of nitrogens with zero attached hydrogens (tertiary/aromatic N) is 2. The standard InChI is InChI=1S/C17H24N2O2/c1-16(2)8-12-9-17(3,10-16)11-19(12)15(20)13-6-5-7-18-14(13)21-4/h5-7,12H,8-11H2,1-4H3. The third-order valence-corrected chi connectivity index (χ3v) is 4.87. The Balaban J connectivity index is 1.90. The molecule has 1 aliphatic carbocycles. The lowest BCUT2D eigenvalue weighted by atomic mass is 9.65. The lowest BCUT2D eigenvalue weighted by Gasteiger charge is -2.39. The summed E-state index contributed by atoms with van der Waals surface area (Å²) in [4.78, 5) is 19.1. The highest BCUT2D eigenvalue weighted by Gasteiger charge is 2.51. The van der Waals surface area contributed by atoms with E-state index in [0.717, 1.165) is 19.4 Å². The minimum atomic E-state index is 0.0615. The van der Waals surface area contributed by atoms with Crippen molar-refractivity contribution in [1.82, 2.24) is 9.88 Å². The molecule has 21 heavy (non-hydrogen) atoms. The van der Waals surface area contributed by atoms with Crippen molar-refractivity contribution in [3.8, 4) is 5.88 Å². The first kappa shape index (κ1) is 14.4. The van der Waals surface area contributed by atoms with Gasteiger partial charge >= 0.3 is 0 Å². The number of ether oxygens (including phenoxy) is 1. The van der Waals surface area contributed by atoms with Gasteiger partial charge in [0.1, 0.15) is 5.56 Å². The van der Waals surface area contributed by atoms with Gasteiger partial charge in [0.2, 0.25) is 5.88 Å². The van der Waals surface area contributed by atoms with Gasteiger partial charge in [-0.05, 0) is 42.2 Å². The first-order chi connectivity index (χ1) is 9.84. The highest BCUT2D eigenvalue weighted by molar-refractivity contribution is 5.96. The van der Waals surface area contributed by atoms with Crippen LogP contribution in [0.2, 0.25) is 0 Å². The van der Waals surface area contributed by atoms with Crippen molar-refractivity contribution in [2.45, 2.75) is 46.1 Å². The third-order valence-electron chi connectivity index (χ3n) is 4.87. The number of methoxy groups -OCH3 is 1. The lowest BCUT2D eigenvalue weighted by Crippen LogP contribution is -2.37. The average Bonchev–Trinajstić information content (AvgIpc) is 2.67. The van der Waals surface area contributed by atoms with E-state index in [9.17, 15) is 4.79 Å². The molecule has 1 aromatic heterocycles. The minimum Gasteiger partial charge on any atom is -0.480 e. The number of likely N-dealkylation sites (tertiary alicyclic amines) is 1. The SMILES string of the molecule is COc1ncccc1C(=O)N1CC2(C)CC1CC(C)(C)C2. The minimum absolute atomic E-state index is 0.0615. The fourth-order valence-corrected chi connectivity index (χ4v) is 4.57. The van der Waals surface area contributed by atoms with Crippen LogP contribution in [0.15, 0.2) is 18.3 Å². The highest BCUT2D eigenvalue weighted by Crippen LogP contribution is 2.52. The number of fused-ring (bicyclic) bond motifs is 2. The molecule has 2 unspecified atom stereocenters. The molecule has 0 aromatic carbocycles.